The lowest BCUT2D eigenvalue weighted by Gasteiger charge is -2.25. The van der Waals surface area contributed by atoms with Crippen LogP contribution >= 0.6 is 11.8 Å². The van der Waals surface area contributed by atoms with E-state index >= 15 is 0 Å². The number of nitrogens with one attached hydrogen (secondary N) is 3. The summed E-state index contributed by atoms with van der Waals surface area (Å²) in [6, 6.07) is -3.19. The summed E-state index contributed by atoms with van der Waals surface area (Å²) in [5.41, 5.74) is 5.71. The number of thioether (sulfide) groups is 1. The largest absolute Gasteiger partial charge is 0.480 e. The third-order valence-corrected chi connectivity index (χ3v) is 4.65. The average Bonchev–Trinajstić information content (AvgIpc) is 2.64. The summed E-state index contributed by atoms with van der Waals surface area (Å²) in [7, 11) is 0. The second-order valence-corrected chi connectivity index (χ2v) is 7.10. The molecule has 0 saturated carbocycles. The molecule has 3 amide bonds. The van der Waals surface area contributed by atoms with E-state index in [-0.39, 0.29) is 12.5 Å². The van der Waals surface area contributed by atoms with Gasteiger partial charge in [-0.25, -0.2) is 4.79 Å². The Balaban J connectivity index is 4.76. The number of carbonyl (C=O) groups excluding carboxylic acids is 3. The number of nitrogens with two attached hydrogens (primary N) is 1. The molecule has 0 aromatic rings. The van der Waals surface area contributed by atoms with Gasteiger partial charge in [0.2, 0.25) is 17.7 Å². The van der Waals surface area contributed by atoms with Gasteiger partial charge in [0, 0.05) is 0 Å². The van der Waals surface area contributed by atoms with Crippen LogP contribution in [-0.2, 0) is 19.2 Å². The third-order valence-electron chi connectivity index (χ3n) is 4.00. The summed E-state index contributed by atoms with van der Waals surface area (Å²) in [4.78, 5) is 47.2. The molecule has 4 unspecified atom stereocenters. The van der Waals surface area contributed by atoms with E-state index in [9.17, 15) is 19.2 Å². The van der Waals surface area contributed by atoms with Crippen molar-refractivity contribution in [2.24, 2.45) is 11.7 Å². The Hall–Kier alpha value is -1.85. The number of carboxylic acid groups (broad SMARTS) is 1. The van der Waals surface area contributed by atoms with Gasteiger partial charge in [-0.05, 0) is 24.3 Å². The van der Waals surface area contributed by atoms with Crippen molar-refractivity contribution in [2.75, 3.05) is 25.2 Å². The first-order valence-electron chi connectivity index (χ1n) is 8.63. The number of amides is 3. The molecule has 0 aliphatic carbocycles. The summed E-state index contributed by atoms with van der Waals surface area (Å²) in [5, 5.41) is 25.0. The number of aliphatic hydroxyl groups excluding tert-OH is 1. The molecule has 0 aromatic carbocycles. The van der Waals surface area contributed by atoms with E-state index in [4.69, 9.17) is 15.9 Å². The van der Waals surface area contributed by atoms with Gasteiger partial charge in [-0.15, -0.1) is 0 Å². The predicted molar refractivity (Wildman–Crippen MR) is 102 cm³/mol. The lowest BCUT2D eigenvalue weighted by Crippen LogP contribution is -2.56. The SMILES string of the molecule is CCC(C)C(NC(=O)CNC(=O)C(N)CCSC)C(=O)NC(CO)C(=O)O. The number of carbonyl (C=O) groups is 4. The number of aliphatic carboxylic acids is 1. The molecule has 156 valence electrons. The van der Waals surface area contributed by atoms with Crippen molar-refractivity contribution >= 4 is 35.5 Å². The van der Waals surface area contributed by atoms with Crippen molar-refractivity contribution in [1.29, 1.82) is 0 Å². The van der Waals surface area contributed by atoms with Crippen LogP contribution in [0.15, 0.2) is 0 Å². The van der Waals surface area contributed by atoms with Crippen molar-refractivity contribution < 1.29 is 29.4 Å². The molecule has 0 aliphatic rings. The summed E-state index contributed by atoms with van der Waals surface area (Å²) in [6.07, 6.45) is 2.91. The molecular formula is C16H30N4O6S. The summed E-state index contributed by atoms with van der Waals surface area (Å²) in [5.74, 6) is -2.74. The maximum absolute atomic E-state index is 12.3. The first-order valence-corrected chi connectivity index (χ1v) is 10.0. The predicted octanol–water partition coefficient (Wildman–Crippen LogP) is -1.72. The minimum atomic E-state index is -1.46. The second kappa shape index (κ2) is 13.3. The Kier molecular flexibility index (Phi) is 12.4. The van der Waals surface area contributed by atoms with Gasteiger partial charge < -0.3 is 31.9 Å². The van der Waals surface area contributed by atoms with E-state index in [2.05, 4.69) is 16.0 Å². The molecule has 0 radical (unpaired) electrons. The molecule has 4 atom stereocenters. The van der Waals surface area contributed by atoms with Crippen LogP contribution < -0.4 is 21.7 Å². The second-order valence-electron chi connectivity index (χ2n) is 6.12. The Morgan fingerprint density at radius 1 is 1.15 bits per heavy atom. The Morgan fingerprint density at radius 3 is 2.26 bits per heavy atom. The zero-order valence-electron chi connectivity index (χ0n) is 15.9. The van der Waals surface area contributed by atoms with E-state index < -0.39 is 48.4 Å². The number of hydrogen-bond donors (Lipinski definition) is 6. The first kappa shape index (κ1) is 25.1. The molecule has 10 nitrogen and oxygen atoms in total. The van der Waals surface area contributed by atoms with Gasteiger partial charge in [0.1, 0.15) is 12.1 Å². The summed E-state index contributed by atoms with van der Waals surface area (Å²) >= 11 is 1.55. The third kappa shape index (κ3) is 9.59. The number of rotatable bonds is 13. The normalized spacial score (nSPS) is 15.1. The van der Waals surface area contributed by atoms with Gasteiger partial charge in [0.05, 0.1) is 19.2 Å². The minimum Gasteiger partial charge on any atom is -0.480 e. The number of carboxylic acids is 1. The maximum Gasteiger partial charge on any atom is 0.328 e. The van der Waals surface area contributed by atoms with Crippen molar-refractivity contribution in [3.63, 3.8) is 0 Å². The van der Waals surface area contributed by atoms with Gasteiger partial charge in [-0.1, -0.05) is 20.3 Å². The van der Waals surface area contributed by atoms with Gasteiger partial charge in [-0.2, -0.15) is 11.8 Å². The molecule has 27 heavy (non-hydrogen) atoms. The molecule has 0 spiro atoms. The topological polar surface area (TPSA) is 171 Å². The zero-order valence-corrected chi connectivity index (χ0v) is 16.7. The van der Waals surface area contributed by atoms with Gasteiger partial charge in [0.15, 0.2) is 0 Å². The zero-order chi connectivity index (χ0) is 21.0. The lowest BCUT2D eigenvalue weighted by molar-refractivity contribution is -0.143. The lowest BCUT2D eigenvalue weighted by atomic mass is 9.98. The number of aliphatic hydroxyl groups is 1. The van der Waals surface area contributed by atoms with Crippen molar-refractivity contribution in [1.82, 2.24) is 16.0 Å². The van der Waals surface area contributed by atoms with E-state index in [0.717, 1.165) is 0 Å². The number of hydrogen-bond acceptors (Lipinski definition) is 7. The molecule has 0 heterocycles. The summed E-state index contributed by atoms with van der Waals surface area (Å²) in [6.45, 7) is 2.40. The monoisotopic (exact) mass is 406 g/mol. The smallest absolute Gasteiger partial charge is 0.328 e. The van der Waals surface area contributed by atoms with E-state index in [0.29, 0.717) is 18.6 Å². The van der Waals surface area contributed by atoms with Gasteiger partial charge >= 0.3 is 5.97 Å². The van der Waals surface area contributed by atoms with E-state index in [1.54, 1.807) is 18.7 Å². The van der Waals surface area contributed by atoms with Crippen molar-refractivity contribution in [3.8, 4) is 0 Å². The van der Waals surface area contributed by atoms with Gasteiger partial charge in [0.25, 0.3) is 0 Å². The minimum absolute atomic E-state index is 0.290. The molecular weight excluding hydrogens is 376 g/mol. The van der Waals surface area contributed by atoms with Crippen LogP contribution in [0.4, 0.5) is 0 Å². The van der Waals surface area contributed by atoms with Crippen LogP contribution in [0.3, 0.4) is 0 Å². The van der Waals surface area contributed by atoms with Crippen LogP contribution in [0.25, 0.3) is 0 Å². The highest BCUT2D eigenvalue weighted by atomic mass is 32.2. The van der Waals surface area contributed by atoms with Crippen LogP contribution in [0.1, 0.15) is 26.7 Å². The van der Waals surface area contributed by atoms with Crippen molar-refractivity contribution in [3.05, 3.63) is 0 Å². The van der Waals surface area contributed by atoms with Gasteiger partial charge in [-0.3, -0.25) is 14.4 Å². The highest BCUT2D eigenvalue weighted by Crippen LogP contribution is 2.08. The van der Waals surface area contributed by atoms with Crippen LogP contribution in [0.2, 0.25) is 0 Å². The van der Waals surface area contributed by atoms with E-state index in [1.807, 2.05) is 13.2 Å². The van der Waals surface area contributed by atoms with Crippen LogP contribution in [-0.4, -0.2) is 77.2 Å². The molecule has 0 fully saturated rings. The standard InChI is InChI=1S/C16H30N4O6S/c1-4-9(2)13(15(24)19-11(8-21)16(25)26)20-12(22)7-18-14(23)10(17)5-6-27-3/h9-11,13,21H,4-8,17H2,1-3H3,(H,18,23)(H,19,24)(H,20,22)(H,25,26). The molecule has 7 N–H and O–H groups in total. The maximum atomic E-state index is 12.3. The Labute approximate surface area is 163 Å². The highest BCUT2D eigenvalue weighted by molar-refractivity contribution is 7.98. The molecule has 11 heteroatoms. The fraction of sp³-hybridized carbons (Fsp3) is 0.750. The molecule has 0 aromatic heterocycles. The highest BCUT2D eigenvalue weighted by Gasteiger charge is 2.29. The van der Waals surface area contributed by atoms with Crippen LogP contribution in [0.5, 0.6) is 0 Å². The summed E-state index contributed by atoms with van der Waals surface area (Å²) < 4.78 is 0. The first-order chi connectivity index (χ1) is 12.7. The Bertz CT molecular complexity index is 519. The molecule has 0 rings (SSSR count). The van der Waals surface area contributed by atoms with Crippen LogP contribution in [0, 0.1) is 5.92 Å². The molecule has 0 bridgehead atoms. The fourth-order valence-electron chi connectivity index (χ4n) is 2.05. The van der Waals surface area contributed by atoms with Crippen molar-refractivity contribution in [2.45, 2.75) is 44.8 Å². The quantitative estimate of drug-likeness (QED) is 0.210. The Morgan fingerprint density at radius 2 is 1.78 bits per heavy atom. The fourth-order valence-corrected chi connectivity index (χ4v) is 2.54. The molecule has 0 saturated heterocycles. The average molecular weight is 407 g/mol. The van der Waals surface area contributed by atoms with E-state index in [1.165, 1.54) is 0 Å². The molecule has 0 aliphatic heterocycles.